The second kappa shape index (κ2) is 2.97. The minimum atomic E-state index is -0.922. The van der Waals surface area contributed by atoms with Crippen LogP contribution < -0.4 is 0 Å². The number of aliphatic carboxylic acids is 2. The molecule has 1 aliphatic rings. The first-order valence-electron chi connectivity index (χ1n) is 4.64. The quantitative estimate of drug-likeness (QED) is 0.725. The van der Waals surface area contributed by atoms with Crippen molar-refractivity contribution < 1.29 is 19.8 Å². The van der Waals surface area contributed by atoms with Crippen molar-refractivity contribution in [1.82, 2.24) is 0 Å². The number of carboxylic acid groups (broad SMARTS) is 2. The Morgan fingerprint density at radius 1 is 1.29 bits per heavy atom. The van der Waals surface area contributed by atoms with Gasteiger partial charge in [0.2, 0.25) is 0 Å². The lowest BCUT2D eigenvalue weighted by Gasteiger charge is -2.56. The lowest BCUT2D eigenvalue weighted by Crippen LogP contribution is -2.56. The number of carboxylic acids is 2. The van der Waals surface area contributed by atoms with Gasteiger partial charge >= 0.3 is 11.9 Å². The van der Waals surface area contributed by atoms with Gasteiger partial charge in [0.05, 0.1) is 12.3 Å². The highest BCUT2D eigenvalue weighted by atomic mass is 16.4. The Bertz CT molecular complexity index is 282. The van der Waals surface area contributed by atoms with Gasteiger partial charge in [-0.1, -0.05) is 20.8 Å². The SMILES string of the molecule is CC1(C)C[C@@](C)(CC(=O)O)[C@H]1C(=O)O. The summed E-state index contributed by atoms with van der Waals surface area (Å²) < 4.78 is 0. The fourth-order valence-electron chi connectivity index (χ4n) is 3.20. The summed E-state index contributed by atoms with van der Waals surface area (Å²) in [5.74, 6) is -2.36. The highest BCUT2D eigenvalue weighted by molar-refractivity contribution is 5.76. The molecule has 1 fully saturated rings. The van der Waals surface area contributed by atoms with Crippen LogP contribution in [0.3, 0.4) is 0 Å². The van der Waals surface area contributed by atoms with Crippen LogP contribution in [-0.4, -0.2) is 22.2 Å². The van der Waals surface area contributed by atoms with E-state index in [9.17, 15) is 9.59 Å². The lowest BCUT2D eigenvalue weighted by atomic mass is 9.46. The largest absolute Gasteiger partial charge is 0.481 e. The third kappa shape index (κ3) is 1.61. The molecule has 2 atom stereocenters. The van der Waals surface area contributed by atoms with E-state index in [1.165, 1.54) is 0 Å². The van der Waals surface area contributed by atoms with Crippen molar-refractivity contribution in [2.24, 2.45) is 16.7 Å². The highest BCUT2D eigenvalue weighted by Crippen LogP contribution is 2.60. The van der Waals surface area contributed by atoms with Crippen LogP contribution >= 0.6 is 0 Å². The topological polar surface area (TPSA) is 74.6 Å². The average molecular weight is 200 g/mol. The monoisotopic (exact) mass is 200 g/mol. The zero-order chi connectivity index (χ0) is 11.1. The zero-order valence-corrected chi connectivity index (χ0v) is 8.70. The van der Waals surface area contributed by atoms with Gasteiger partial charge in [0.25, 0.3) is 0 Å². The molecule has 0 spiro atoms. The van der Waals surface area contributed by atoms with Crippen molar-refractivity contribution in [1.29, 1.82) is 0 Å². The summed E-state index contributed by atoms with van der Waals surface area (Å²) in [6.07, 6.45) is 0.594. The van der Waals surface area contributed by atoms with Crippen molar-refractivity contribution in [2.45, 2.75) is 33.6 Å². The molecular weight excluding hydrogens is 184 g/mol. The van der Waals surface area contributed by atoms with Crippen molar-refractivity contribution >= 4 is 11.9 Å². The molecule has 0 aromatic heterocycles. The molecule has 0 aromatic rings. The van der Waals surface area contributed by atoms with Crippen LogP contribution in [0.25, 0.3) is 0 Å². The van der Waals surface area contributed by atoms with Crippen LogP contribution in [0.1, 0.15) is 33.6 Å². The molecule has 2 N–H and O–H groups in total. The van der Waals surface area contributed by atoms with Gasteiger partial charge in [-0.05, 0) is 17.3 Å². The molecule has 1 saturated carbocycles. The number of hydrogen-bond acceptors (Lipinski definition) is 2. The molecule has 0 radical (unpaired) electrons. The Balaban J connectivity index is 2.84. The van der Waals surface area contributed by atoms with E-state index in [0.717, 1.165) is 0 Å². The normalized spacial score (nSPS) is 34.6. The molecule has 4 nitrogen and oxygen atoms in total. The maximum Gasteiger partial charge on any atom is 0.307 e. The lowest BCUT2D eigenvalue weighted by molar-refractivity contribution is -0.177. The molecule has 0 heterocycles. The third-order valence-corrected chi connectivity index (χ3v) is 3.14. The summed E-state index contributed by atoms with van der Waals surface area (Å²) in [4.78, 5) is 21.6. The minimum Gasteiger partial charge on any atom is -0.481 e. The van der Waals surface area contributed by atoms with Crippen LogP contribution in [0.4, 0.5) is 0 Å². The third-order valence-electron chi connectivity index (χ3n) is 3.14. The molecule has 0 aromatic carbocycles. The smallest absolute Gasteiger partial charge is 0.307 e. The fraction of sp³-hybridized carbons (Fsp3) is 0.800. The van der Waals surface area contributed by atoms with E-state index in [4.69, 9.17) is 10.2 Å². The molecule has 1 rings (SSSR count). The molecule has 0 aliphatic heterocycles. The van der Waals surface area contributed by atoms with Crippen LogP contribution in [0.15, 0.2) is 0 Å². The van der Waals surface area contributed by atoms with Gasteiger partial charge in [0, 0.05) is 0 Å². The maximum absolute atomic E-state index is 11.0. The van der Waals surface area contributed by atoms with Crippen LogP contribution in [0.5, 0.6) is 0 Å². The molecule has 80 valence electrons. The van der Waals surface area contributed by atoms with Gasteiger partial charge in [-0.15, -0.1) is 0 Å². The predicted molar refractivity (Wildman–Crippen MR) is 49.9 cm³/mol. The van der Waals surface area contributed by atoms with Gasteiger partial charge in [0.15, 0.2) is 0 Å². The van der Waals surface area contributed by atoms with Gasteiger partial charge in [-0.2, -0.15) is 0 Å². The first-order chi connectivity index (χ1) is 6.19. The predicted octanol–water partition coefficient (Wildman–Crippen LogP) is 1.60. The summed E-state index contributed by atoms with van der Waals surface area (Å²) in [5.41, 5.74) is -0.864. The number of rotatable bonds is 3. The minimum absolute atomic E-state index is 0.0621. The second-order valence-corrected chi connectivity index (χ2v) is 5.16. The Morgan fingerprint density at radius 3 is 2.07 bits per heavy atom. The zero-order valence-electron chi connectivity index (χ0n) is 8.70. The molecule has 14 heavy (non-hydrogen) atoms. The van der Waals surface area contributed by atoms with Crippen LogP contribution in [-0.2, 0) is 9.59 Å². The Hall–Kier alpha value is -1.06. The van der Waals surface area contributed by atoms with Gasteiger partial charge in [-0.3, -0.25) is 9.59 Å². The van der Waals surface area contributed by atoms with E-state index in [0.29, 0.717) is 6.42 Å². The summed E-state index contributed by atoms with van der Waals surface area (Å²) in [7, 11) is 0. The Labute approximate surface area is 82.9 Å². The molecule has 0 unspecified atom stereocenters. The Kier molecular flexibility index (Phi) is 2.34. The summed E-state index contributed by atoms with van der Waals surface area (Å²) in [5, 5.41) is 17.7. The van der Waals surface area contributed by atoms with E-state index in [-0.39, 0.29) is 11.8 Å². The van der Waals surface area contributed by atoms with E-state index < -0.39 is 23.3 Å². The van der Waals surface area contributed by atoms with Gasteiger partial charge < -0.3 is 10.2 Å². The van der Waals surface area contributed by atoms with Crippen molar-refractivity contribution in [3.8, 4) is 0 Å². The van der Waals surface area contributed by atoms with Crippen LogP contribution in [0, 0.1) is 16.7 Å². The summed E-state index contributed by atoms with van der Waals surface area (Å²) >= 11 is 0. The van der Waals surface area contributed by atoms with E-state index >= 15 is 0 Å². The average Bonchev–Trinajstić information content (AvgIpc) is 1.76. The molecule has 0 bridgehead atoms. The second-order valence-electron chi connectivity index (χ2n) is 5.16. The van der Waals surface area contributed by atoms with Crippen molar-refractivity contribution in [3.05, 3.63) is 0 Å². The first-order valence-corrected chi connectivity index (χ1v) is 4.64. The molecule has 0 amide bonds. The first kappa shape index (κ1) is 11.0. The number of hydrogen-bond donors (Lipinski definition) is 2. The number of carbonyl (C=O) groups is 2. The van der Waals surface area contributed by atoms with Gasteiger partial charge in [0.1, 0.15) is 0 Å². The molecule has 1 aliphatic carbocycles. The van der Waals surface area contributed by atoms with Crippen LogP contribution in [0.2, 0.25) is 0 Å². The summed E-state index contributed by atoms with van der Waals surface area (Å²) in [6, 6.07) is 0. The fourth-order valence-corrected chi connectivity index (χ4v) is 3.20. The highest BCUT2D eigenvalue weighted by Gasteiger charge is 2.60. The molecule has 0 saturated heterocycles. The Morgan fingerprint density at radius 2 is 1.79 bits per heavy atom. The van der Waals surface area contributed by atoms with Gasteiger partial charge in [-0.25, -0.2) is 0 Å². The van der Waals surface area contributed by atoms with E-state index in [1.807, 2.05) is 13.8 Å². The maximum atomic E-state index is 11.0. The van der Waals surface area contributed by atoms with E-state index in [2.05, 4.69) is 0 Å². The van der Waals surface area contributed by atoms with Crippen molar-refractivity contribution in [2.75, 3.05) is 0 Å². The van der Waals surface area contributed by atoms with E-state index in [1.54, 1.807) is 6.92 Å². The standard InChI is InChI=1S/C10H16O4/c1-9(2)5-10(3,4-6(11)12)7(9)8(13)14/h7H,4-5H2,1-3H3,(H,11,12)(H,13,14)/t7-,10+/m0/s1. The molecule has 4 heteroatoms. The summed E-state index contributed by atoms with van der Waals surface area (Å²) in [6.45, 7) is 5.48. The molecular formula is C10H16O4. The van der Waals surface area contributed by atoms with Crippen molar-refractivity contribution in [3.63, 3.8) is 0 Å².